The lowest BCUT2D eigenvalue weighted by Crippen LogP contribution is -2.37. The second-order valence-electron chi connectivity index (χ2n) is 6.25. The van der Waals surface area contributed by atoms with Crippen LogP contribution in [0.5, 0.6) is 0 Å². The molecule has 5 nitrogen and oxygen atoms in total. The molecule has 1 saturated heterocycles. The monoisotopic (exact) mass is 364 g/mol. The van der Waals surface area contributed by atoms with Gasteiger partial charge in [-0.2, -0.15) is 0 Å². The van der Waals surface area contributed by atoms with E-state index in [1.54, 1.807) is 24.7 Å². The summed E-state index contributed by atoms with van der Waals surface area (Å²) < 4.78 is 16.2. The number of hydrogen-bond donors (Lipinski definition) is 1. The second-order valence-corrected chi connectivity index (χ2v) is 6.66. The minimum Gasteiger partial charge on any atom is -0.354 e. The van der Waals surface area contributed by atoms with Crippen molar-refractivity contribution in [2.24, 2.45) is 0 Å². The van der Waals surface area contributed by atoms with E-state index >= 15 is 0 Å². The molecule has 0 radical (unpaired) electrons. The molecule has 0 saturated carbocycles. The molecule has 1 aromatic heterocycles. The van der Waals surface area contributed by atoms with Crippen LogP contribution in [0.15, 0.2) is 36.9 Å². The zero-order valence-electron chi connectivity index (χ0n) is 14.0. The molecule has 2 aromatic rings. The van der Waals surface area contributed by atoms with E-state index in [-0.39, 0.29) is 17.8 Å². The number of aryl methyl sites for hydroxylation is 1. The lowest BCUT2D eigenvalue weighted by atomic mass is 10.0. The number of nitrogens with one attached hydrogen (secondary N) is 1. The quantitative estimate of drug-likeness (QED) is 0.821. The molecule has 1 amide bonds. The number of rotatable bonds is 7. The summed E-state index contributed by atoms with van der Waals surface area (Å²) in [4.78, 5) is 18.3. The van der Waals surface area contributed by atoms with Crippen molar-refractivity contribution in [2.45, 2.75) is 31.8 Å². The van der Waals surface area contributed by atoms with E-state index < -0.39 is 0 Å². The van der Waals surface area contributed by atoms with Crippen LogP contribution in [-0.2, 0) is 11.3 Å². The molecule has 25 heavy (non-hydrogen) atoms. The van der Waals surface area contributed by atoms with E-state index in [0.717, 1.165) is 25.9 Å². The van der Waals surface area contributed by atoms with Gasteiger partial charge in [-0.3, -0.25) is 9.69 Å². The van der Waals surface area contributed by atoms with Gasteiger partial charge in [0.25, 0.3) is 0 Å². The number of amides is 1. The first-order valence-electron chi connectivity index (χ1n) is 8.55. The Morgan fingerprint density at radius 3 is 2.84 bits per heavy atom. The van der Waals surface area contributed by atoms with E-state index in [1.807, 2.05) is 10.8 Å². The van der Waals surface area contributed by atoms with E-state index in [2.05, 4.69) is 15.2 Å². The van der Waals surface area contributed by atoms with E-state index in [1.165, 1.54) is 6.07 Å². The van der Waals surface area contributed by atoms with Gasteiger partial charge in [0.05, 0.1) is 12.4 Å². The maximum Gasteiger partial charge on any atom is 0.221 e. The van der Waals surface area contributed by atoms with Crippen molar-refractivity contribution >= 4 is 17.5 Å². The average molecular weight is 365 g/mol. The van der Waals surface area contributed by atoms with E-state index in [0.29, 0.717) is 30.1 Å². The number of hydrogen-bond acceptors (Lipinski definition) is 3. The highest BCUT2D eigenvalue weighted by molar-refractivity contribution is 6.31. The fourth-order valence-electron chi connectivity index (χ4n) is 3.24. The van der Waals surface area contributed by atoms with Crippen molar-refractivity contribution in [3.8, 4) is 0 Å². The SMILES string of the molecule is O=C(CCn1ccnc1)NC[C@H](c1c(F)cccc1Cl)N1CCCC1. The van der Waals surface area contributed by atoms with Crippen LogP contribution in [0.2, 0.25) is 5.02 Å². The van der Waals surface area contributed by atoms with Crippen molar-refractivity contribution < 1.29 is 9.18 Å². The van der Waals surface area contributed by atoms with Gasteiger partial charge in [-0.25, -0.2) is 9.37 Å². The topological polar surface area (TPSA) is 50.2 Å². The second kappa shape index (κ2) is 8.45. The number of aromatic nitrogens is 2. The Morgan fingerprint density at radius 2 is 2.16 bits per heavy atom. The summed E-state index contributed by atoms with van der Waals surface area (Å²) in [6, 6.07) is 4.48. The first kappa shape index (κ1) is 17.9. The normalized spacial score (nSPS) is 16.1. The fraction of sp³-hybridized carbons (Fsp3) is 0.444. The predicted octanol–water partition coefficient (Wildman–Crippen LogP) is 3.02. The fourth-order valence-corrected chi connectivity index (χ4v) is 3.53. The molecule has 1 aromatic carbocycles. The number of carbonyl (C=O) groups is 1. The summed E-state index contributed by atoms with van der Waals surface area (Å²) in [5.41, 5.74) is 0.473. The molecule has 7 heteroatoms. The number of imidazole rings is 1. The van der Waals surface area contributed by atoms with Crippen LogP contribution in [0, 0.1) is 5.82 Å². The van der Waals surface area contributed by atoms with Crippen LogP contribution in [0.4, 0.5) is 4.39 Å². The highest BCUT2D eigenvalue weighted by atomic mass is 35.5. The summed E-state index contributed by atoms with van der Waals surface area (Å²) in [7, 11) is 0. The summed E-state index contributed by atoms with van der Waals surface area (Å²) in [6.45, 7) is 2.70. The smallest absolute Gasteiger partial charge is 0.221 e. The van der Waals surface area contributed by atoms with Crippen molar-refractivity contribution in [3.63, 3.8) is 0 Å². The molecule has 1 N–H and O–H groups in total. The van der Waals surface area contributed by atoms with Gasteiger partial charge < -0.3 is 9.88 Å². The maximum atomic E-state index is 14.4. The van der Waals surface area contributed by atoms with Crippen molar-refractivity contribution in [3.05, 3.63) is 53.3 Å². The van der Waals surface area contributed by atoms with Crippen LogP contribution in [0.1, 0.15) is 30.9 Å². The molecule has 2 heterocycles. The highest BCUT2D eigenvalue weighted by Gasteiger charge is 2.28. The van der Waals surface area contributed by atoms with Crippen molar-refractivity contribution in [1.82, 2.24) is 19.8 Å². The molecule has 0 aliphatic carbocycles. The Kier molecular flexibility index (Phi) is 6.04. The predicted molar refractivity (Wildman–Crippen MR) is 94.8 cm³/mol. The number of likely N-dealkylation sites (tertiary alicyclic amines) is 1. The first-order chi connectivity index (χ1) is 12.1. The molecular formula is C18H22ClFN4O. The molecule has 3 rings (SSSR count). The molecule has 1 fully saturated rings. The van der Waals surface area contributed by atoms with Crippen LogP contribution in [0.3, 0.4) is 0 Å². The van der Waals surface area contributed by atoms with Gasteiger partial charge in [-0.15, -0.1) is 0 Å². The third-order valence-electron chi connectivity index (χ3n) is 4.56. The largest absolute Gasteiger partial charge is 0.354 e. The van der Waals surface area contributed by atoms with Gasteiger partial charge in [0.2, 0.25) is 5.91 Å². The van der Waals surface area contributed by atoms with Crippen LogP contribution in [0.25, 0.3) is 0 Å². The van der Waals surface area contributed by atoms with Crippen molar-refractivity contribution in [2.75, 3.05) is 19.6 Å². The Morgan fingerprint density at radius 1 is 1.36 bits per heavy atom. The molecule has 1 aliphatic heterocycles. The molecule has 0 spiro atoms. The average Bonchev–Trinajstić information content (AvgIpc) is 3.29. The van der Waals surface area contributed by atoms with Crippen LogP contribution >= 0.6 is 11.6 Å². The van der Waals surface area contributed by atoms with Gasteiger partial charge in [0, 0.05) is 42.5 Å². The standard InChI is InChI=1S/C18H22ClFN4O/c19-14-4-3-5-15(20)18(14)16(24-8-1-2-9-24)12-22-17(25)6-10-23-11-7-21-13-23/h3-5,7,11,13,16H,1-2,6,8-10,12H2,(H,22,25)/t16-/m1/s1. The molecule has 1 aliphatic rings. The number of nitrogens with zero attached hydrogens (tertiary/aromatic N) is 3. The molecule has 0 bridgehead atoms. The van der Waals surface area contributed by atoms with Crippen LogP contribution < -0.4 is 5.32 Å². The lowest BCUT2D eigenvalue weighted by molar-refractivity contribution is -0.121. The number of halogens is 2. The maximum absolute atomic E-state index is 14.4. The van der Waals surface area contributed by atoms with Gasteiger partial charge >= 0.3 is 0 Å². The summed E-state index contributed by atoms with van der Waals surface area (Å²) in [5.74, 6) is -0.387. The summed E-state index contributed by atoms with van der Waals surface area (Å²) in [5, 5.41) is 3.34. The number of benzene rings is 1. The van der Waals surface area contributed by atoms with Crippen LogP contribution in [-0.4, -0.2) is 40.0 Å². The molecular weight excluding hydrogens is 343 g/mol. The Labute approximate surface area is 151 Å². The third-order valence-corrected chi connectivity index (χ3v) is 4.89. The summed E-state index contributed by atoms with van der Waals surface area (Å²) in [6.07, 6.45) is 7.70. The van der Waals surface area contributed by atoms with E-state index in [4.69, 9.17) is 11.6 Å². The Hall–Kier alpha value is -1.92. The molecule has 0 unspecified atom stereocenters. The minimum absolute atomic E-state index is 0.0645. The third kappa shape index (κ3) is 4.58. The number of carbonyl (C=O) groups excluding carboxylic acids is 1. The molecule has 134 valence electrons. The zero-order valence-corrected chi connectivity index (χ0v) is 14.8. The summed E-state index contributed by atoms with van der Waals surface area (Å²) >= 11 is 6.26. The Bertz CT molecular complexity index is 681. The van der Waals surface area contributed by atoms with Crippen molar-refractivity contribution in [1.29, 1.82) is 0 Å². The van der Waals surface area contributed by atoms with E-state index in [9.17, 15) is 9.18 Å². The Balaban J connectivity index is 1.65. The zero-order chi connectivity index (χ0) is 17.6. The van der Waals surface area contributed by atoms with Gasteiger partial charge in [-0.1, -0.05) is 17.7 Å². The first-order valence-corrected chi connectivity index (χ1v) is 8.93. The van der Waals surface area contributed by atoms with Gasteiger partial charge in [0.1, 0.15) is 5.82 Å². The molecule has 1 atom stereocenters. The lowest BCUT2D eigenvalue weighted by Gasteiger charge is -2.29. The van der Waals surface area contributed by atoms with Gasteiger partial charge in [0.15, 0.2) is 0 Å². The minimum atomic E-state index is -0.322. The van der Waals surface area contributed by atoms with Gasteiger partial charge in [-0.05, 0) is 38.1 Å². The highest BCUT2D eigenvalue weighted by Crippen LogP contribution is 2.31.